The van der Waals surface area contributed by atoms with E-state index in [2.05, 4.69) is 25.2 Å². The fraction of sp³-hybridized carbons (Fsp3) is 0.200. The molecule has 26 heavy (non-hydrogen) atoms. The lowest BCUT2D eigenvalue weighted by Gasteiger charge is -2.05. The quantitative estimate of drug-likeness (QED) is 0.553. The Balaban J connectivity index is 1.64. The number of nitrogens with one attached hydrogen (secondary N) is 1. The minimum atomic E-state index is -3.79. The van der Waals surface area contributed by atoms with Crippen LogP contribution in [0.2, 0.25) is 0 Å². The van der Waals surface area contributed by atoms with Crippen molar-refractivity contribution >= 4 is 27.0 Å². The number of hydrogen-bond donors (Lipinski definition) is 1. The lowest BCUT2D eigenvalue weighted by Crippen LogP contribution is -2.25. The van der Waals surface area contributed by atoms with Gasteiger partial charge in [-0.3, -0.25) is 0 Å². The van der Waals surface area contributed by atoms with Crippen LogP contribution in [-0.2, 0) is 16.6 Å². The molecule has 0 saturated heterocycles. The summed E-state index contributed by atoms with van der Waals surface area (Å²) in [5, 5.41) is 18.2. The lowest BCUT2D eigenvalue weighted by molar-refractivity contribution is 0.390. The third kappa shape index (κ3) is 2.89. The number of sulfonamides is 1. The minimum absolute atomic E-state index is 0.0403. The van der Waals surface area contributed by atoms with Crippen molar-refractivity contribution in [2.75, 3.05) is 0 Å². The van der Waals surface area contributed by atoms with Gasteiger partial charge in [0, 0.05) is 0 Å². The van der Waals surface area contributed by atoms with Gasteiger partial charge < -0.3 is 4.52 Å². The van der Waals surface area contributed by atoms with Gasteiger partial charge in [0.2, 0.25) is 10.0 Å². The van der Waals surface area contributed by atoms with E-state index in [4.69, 9.17) is 4.52 Å². The summed E-state index contributed by atoms with van der Waals surface area (Å²) in [5.41, 5.74) is 1.61. The maximum absolute atomic E-state index is 12.5. The summed E-state index contributed by atoms with van der Waals surface area (Å²) < 4.78 is 34.0. The zero-order valence-corrected chi connectivity index (χ0v) is 15.5. The van der Waals surface area contributed by atoms with Crippen molar-refractivity contribution in [2.45, 2.75) is 25.3 Å². The van der Waals surface area contributed by atoms with Gasteiger partial charge >= 0.3 is 0 Å². The van der Waals surface area contributed by atoms with Gasteiger partial charge in [-0.15, -0.1) is 21.5 Å². The SMILES string of the molecule is Cc1noc(C)c1S(=O)(=O)NCc1nnc2ccc(-c3cccs3)nn12. The van der Waals surface area contributed by atoms with Crippen molar-refractivity contribution in [1.82, 2.24) is 29.7 Å². The highest BCUT2D eigenvalue weighted by Crippen LogP contribution is 2.23. The molecule has 0 aromatic carbocycles. The highest BCUT2D eigenvalue weighted by atomic mass is 32.2. The van der Waals surface area contributed by atoms with Gasteiger partial charge in [0.15, 0.2) is 17.2 Å². The van der Waals surface area contributed by atoms with Gasteiger partial charge in [-0.1, -0.05) is 11.2 Å². The molecule has 0 unspecified atom stereocenters. The molecule has 0 bridgehead atoms. The number of rotatable bonds is 5. The zero-order chi connectivity index (χ0) is 18.3. The van der Waals surface area contributed by atoms with Gasteiger partial charge in [-0.2, -0.15) is 9.61 Å². The van der Waals surface area contributed by atoms with E-state index < -0.39 is 10.0 Å². The van der Waals surface area contributed by atoms with Crippen molar-refractivity contribution in [3.63, 3.8) is 0 Å². The summed E-state index contributed by atoms with van der Waals surface area (Å²) in [6, 6.07) is 7.55. The van der Waals surface area contributed by atoms with Crippen LogP contribution in [0.5, 0.6) is 0 Å². The van der Waals surface area contributed by atoms with Gasteiger partial charge in [0.05, 0.1) is 11.4 Å². The van der Waals surface area contributed by atoms with Crippen LogP contribution in [0.3, 0.4) is 0 Å². The first kappa shape index (κ1) is 16.8. The van der Waals surface area contributed by atoms with Gasteiger partial charge in [-0.25, -0.2) is 13.1 Å². The van der Waals surface area contributed by atoms with Crippen LogP contribution >= 0.6 is 11.3 Å². The average molecular weight is 390 g/mol. The summed E-state index contributed by atoms with van der Waals surface area (Å²) in [7, 11) is -3.79. The van der Waals surface area contributed by atoms with E-state index in [1.807, 2.05) is 23.6 Å². The Labute approximate surface area is 152 Å². The Morgan fingerprint density at radius 1 is 1.23 bits per heavy atom. The first-order valence-electron chi connectivity index (χ1n) is 7.63. The summed E-state index contributed by atoms with van der Waals surface area (Å²) in [6.07, 6.45) is 0. The van der Waals surface area contributed by atoms with Crippen LogP contribution in [0.15, 0.2) is 39.1 Å². The second kappa shape index (κ2) is 6.27. The molecule has 0 amide bonds. The molecule has 4 aromatic heterocycles. The zero-order valence-electron chi connectivity index (χ0n) is 13.9. The highest BCUT2D eigenvalue weighted by Gasteiger charge is 2.24. The second-order valence-electron chi connectivity index (χ2n) is 5.56. The molecular weight excluding hydrogens is 376 g/mol. The number of aromatic nitrogens is 5. The van der Waals surface area contributed by atoms with E-state index in [1.54, 1.807) is 31.3 Å². The van der Waals surface area contributed by atoms with Crippen molar-refractivity contribution < 1.29 is 12.9 Å². The molecule has 1 N–H and O–H groups in total. The largest absolute Gasteiger partial charge is 0.360 e. The van der Waals surface area contributed by atoms with Crippen LogP contribution < -0.4 is 4.72 Å². The molecule has 0 fully saturated rings. The molecule has 9 nitrogen and oxygen atoms in total. The van der Waals surface area contributed by atoms with Crippen LogP contribution in [0, 0.1) is 13.8 Å². The molecule has 0 aliphatic rings. The molecule has 4 heterocycles. The van der Waals surface area contributed by atoms with E-state index in [-0.39, 0.29) is 17.2 Å². The number of hydrogen-bond acceptors (Lipinski definition) is 8. The Kier molecular flexibility index (Phi) is 4.05. The van der Waals surface area contributed by atoms with Crippen LogP contribution in [0.1, 0.15) is 17.3 Å². The monoisotopic (exact) mass is 390 g/mol. The number of nitrogens with zero attached hydrogens (tertiary/aromatic N) is 5. The fourth-order valence-electron chi connectivity index (χ4n) is 2.59. The van der Waals surface area contributed by atoms with Gasteiger partial charge in [-0.05, 0) is 37.4 Å². The normalized spacial score (nSPS) is 12.1. The van der Waals surface area contributed by atoms with Crippen molar-refractivity contribution in [3.8, 4) is 10.6 Å². The lowest BCUT2D eigenvalue weighted by atomic mass is 10.3. The van der Waals surface area contributed by atoms with E-state index in [9.17, 15) is 8.42 Å². The van der Waals surface area contributed by atoms with Crippen molar-refractivity contribution in [3.05, 3.63) is 46.9 Å². The summed E-state index contributed by atoms with van der Waals surface area (Å²) >= 11 is 1.57. The molecule has 0 atom stereocenters. The molecule has 11 heteroatoms. The summed E-state index contributed by atoms with van der Waals surface area (Å²) in [6.45, 7) is 3.07. The smallest absolute Gasteiger partial charge is 0.246 e. The number of fused-ring (bicyclic) bond motifs is 1. The van der Waals surface area contributed by atoms with Gasteiger partial charge in [0.1, 0.15) is 16.3 Å². The summed E-state index contributed by atoms with van der Waals surface area (Å²) in [4.78, 5) is 1.04. The maximum Gasteiger partial charge on any atom is 0.246 e. The molecule has 0 spiro atoms. The predicted molar refractivity (Wildman–Crippen MR) is 94.1 cm³/mol. The van der Waals surface area contributed by atoms with E-state index >= 15 is 0 Å². The third-order valence-corrected chi connectivity index (χ3v) is 6.29. The molecule has 0 radical (unpaired) electrons. The van der Waals surface area contributed by atoms with E-state index in [0.29, 0.717) is 17.2 Å². The first-order valence-corrected chi connectivity index (χ1v) is 10.00. The Bertz CT molecular complexity index is 1160. The first-order chi connectivity index (χ1) is 12.5. The third-order valence-electron chi connectivity index (χ3n) is 3.76. The average Bonchev–Trinajstić information content (AvgIpc) is 3.33. The van der Waals surface area contributed by atoms with E-state index in [0.717, 1.165) is 10.6 Å². The Hall–Kier alpha value is -2.63. The highest BCUT2D eigenvalue weighted by molar-refractivity contribution is 7.89. The number of aryl methyl sites for hydroxylation is 2. The topological polar surface area (TPSA) is 115 Å². The fourth-order valence-corrected chi connectivity index (χ4v) is 4.59. The Morgan fingerprint density at radius 2 is 2.08 bits per heavy atom. The molecular formula is C15H14N6O3S2. The Morgan fingerprint density at radius 3 is 2.77 bits per heavy atom. The molecule has 0 saturated carbocycles. The van der Waals surface area contributed by atoms with E-state index in [1.165, 1.54) is 4.52 Å². The summed E-state index contributed by atoms with van der Waals surface area (Å²) in [5.74, 6) is 0.618. The standard InChI is InChI=1S/C15H14N6O3S2/c1-9-15(10(2)24-20-9)26(22,23)16-8-14-18-17-13-6-5-11(19-21(13)14)12-4-3-7-25-12/h3-7,16H,8H2,1-2H3. The molecule has 4 rings (SSSR count). The molecule has 134 valence electrons. The number of thiophene rings is 1. The van der Waals surface area contributed by atoms with Crippen LogP contribution in [0.25, 0.3) is 16.2 Å². The molecule has 0 aliphatic carbocycles. The van der Waals surface area contributed by atoms with Crippen LogP contribution in [0.4, 0.5) is 0 Å². The molecule has 4 aromatic rings. The van der Waals surface area contributed by atoms with Crippen molar-refractivity contribution in [2.24, 2.45) is 0 Å². The molecule has 0 aliphatic heterocycles. The van der Waals surface area contributed by atoms with Crippen molar-refractivity contribution in [1.29, 1.82) is 0 Å². The minimum Gasteiger partial charge on any atom is -0.360 e. The predicted octanol–water partition coefficient (Wildman–Crippen LogP) is 1.94. The second-order valence-corrected chi connectivity index (χ2v) is 8.21. The van der Waals surface area contributed by atoms with Crippen LogP contribution in [-0.4, -0.2) is 33.4 Å². The maximum atomic E-state index is 12.5. The van der Waals surface area contributed by atoms with Gasteiger partial charge in [0.25, 0.3) is 0 Å².